The molecule has 0 saturated carbocycles. The van der Waals surface area contributed by atoms with Crippen LogP contribution < -0.4 is 5.32 Å². The first-order valence-electron chi connectivity index (χ1n) is 6.62. The Bertz CT molecular complexity index is 772. The molecule has 22 heavy (non-hydrogen) atoms. The summed E-state index contributed by atoms with van der Waals surface area (Å²) in [6.07, 6.45) is 2.21. The predicted molar refractivity (Wildman–Crippen MR) is 88.6 cm³/mol. The first-order valence-corrected chi connectivity index (χ1v) is 7.88. The fourth-order valence-corrected chi connectivity index (χ4v) is 2.82. The van der Waals surface area contributed by atoms with Gasteiger partial charge >= 0.3 is 0 Å². The third kappa shape index (κ3) is 3.69. The summed E-state index contributed by atoms with van der Waals surface area (Å²) < 4.78 is 0. The van der Waals surface area contributed by atoms with E-state index >= 15 is 0 Å². The van der Waals surface area contributed by atoms with E-state index in [1.807, 2.05) is 30.3 Å². The highest BCUT2D eigenvalue weighted by Crippen LogP contribution is 2.16. The van der Waals surface area contributed by atoms with Crippen LogP contribution in [-0.4, -0.2) is 15.9 Å². The normalized spacial score (nSPS) is 10.4. The number of carbonyl (C=O) groups is 1. The maximum atomic E-state index is 12.1. The second-order valence-corrected chi connectivity index (χ2v) is 5.98. The Kier molecular flexibility index (Phi) is 4.46. The van der Waals surface area contributed by atoms with Gasteiger partial charge in [0.05, 0.1) is 10.0 Å². The maximum Gasteiger partial charge on any atom is 0.276 e. The molecule has 110 valence electrons. The van der Waals surface area contributed by atoms with E-state index in [2.05, 4.69) is 15.3 Å². The molecule has 0 saturated heterocycles. The van der Waals surface area contributed by atoms with Crippen LogP contribution in [0.2, 0.25) is 5.02 Å². The summed E-state index contributed by atoms with van der Waals surface area (Å²) in [7, 11) is 0. The number of pyridine rings is 1. The van der Waals surface area contributed by atoms with Crippen molar-refractivity contribution in [3.05, 3.63) is 75.3 Å². The second kappa shape index (κ2) is 6.68. The number of thiazole rings is 1. The quantitative estimate of drug-likeness (QED) is 0.786. The lowest BCUT2D eigenvalue weighted by atomic mass is 10.2. The molecular formula is C16H12ClN3OS. The van der Waals surface area contributed by atoms with E-state index < -0.39 is 0 Å². The minimum Gasteiger partial charge on any atom is -0.305 e. The first-order chi connectivity index (χ1) is 10.7. The van der Waals surface area contributed by atoms with Crippen molar-refractivity contribution in [2.45, 2.75) is 6.42 Å². The summed E-state index contributed by atoms with van der Waals surface area (Å²) in [4.78, 5) is 20.5. The molecule has 2 heterocycles. The van der Waals surface area contributed by atoms with Gasteiger partial charge in [-0.1, -0.05) is 41.9 Å². The minimum atomic E-state index is -0.273. The zero-order chi connectivity index (χ0) is 15.4. The number of amides is 1. The number of hydrogen-bond acceptors (Lipinski definition) is 4. The van der Waals surface area contributed by atoms with E-state index in [9.17, 15) is 4.79 Å². The molecule has 0 spiro atoms. The van der Waals surface area contributed by atoms with Gasteiger partial charge in [0, 0.05) is 18.0 Å². The van der Waals surface area contributed by atoms with E-state index in [0.29, 0.717) is 16.5 Å². The summed E-state index contributed by atoms with van der Waals surface area (Å²) in [6, 6.07) is 13.4. The molecule has 0 radical (unpaired) electrons. The first kappa shape index (κ1) is 14.7. The summed E-state index contributed by atoms with van der Waals surface area (Å²) in [6.45, 7) is 0. The van der Waals surface area contributed by atoms with Crippen molar-refractivity contribution in [3.8, 4) is 0 Å². The van der Waals surface area contributed by atoms with Crippen molar-refractivity contribution in [1.82, 2.24) is 9.97 Å². The Hall–Kier alpha value is -2.24. The minimum absolute atomic E-state index is 0.273. The molecular weight excluding hydrogens is 318 g/mol. The monoisotopic (exact) mass is 329 g/mol. The third-order valence-corrected chi connectivity index (χ3v) is 4.02. The average Bonchev–Trinajstić information content (AvgIpc) is 2.99. The fraction of sp³-hybridized carbons (Fsp3) is 0.0625. The molecule has 1 aromatic carbocycles. The Morgan fingerprint density at radius 2 is 2.00 bits per heavy atom. The highest BCUT2D eigenvalue weighted by Gasteiger charge is 2.11. The molecule has 0 aliphatic rings. The number of nitrogens with one attached hydrogen (secondary N) is 1. The van der Waals surface area contributed by atoms with Gasteiger partial charge in [0.1, 0.15) is 11.5 Å². The van der Waals surface area contributed by atoms with E-state index in [1.165, 1.54) is 23.1 Å². The standard InChI is InChI=1S/C16H12ClN3OS/c17-12-6-7-14(18-9-12)20-16(21)13-10-22-15(19-13)8-11-4-2-1-3-5-11/h1-7,9-10H,8H2,(H,18,20,21). The zero-order valence-corrected chi connectivity index (χ0v) is 13.1. The van der Waals surface area contributed by atoms with Crippen LogP contribution in [0, 0.1) is 0 Å². The lowest BCUT2D eigenvalue weighted by Crippen LogP contribution is -2.13. The van der Waals surface area contributed by atoms with E-state index in [4.69, 9.17) is 11.6 Å². The topological polar surface area (TPSA) is 54.9 Å². The van der Waals surface area contributed by atoms with Gasteiger partial charge in [0.25, 0.3) is 5.91 Å². The van der Waals surface area contributed by atoms with Gasteiger partial charge in [0.15, 0.2) is 0 Å². The predicted octanol–water partition coefficient (Wildman–Crippen LogP) is 4.03. The molecule has 6 heteroatoms. The molecule has 0 aliphatic heterocycles. The Morgan fingerprint density at radius 1 is 1.18 bits per heavy atom. The number of benzene rings is 1. The summed E-state index contributed by atoms with van der Waals surface area (Å²) >= 11 is 7.23. The number of carbonyl (C=O) groups excluding carboxylic acids is 1. The van der Waals surface area contributed by atoms with Crippen molar-refractivity contribution in [1.29, 1.82) is 0 Å². The number of nitrogens with zero attached hydrogens (tertiary/aromatic N) is 2. The van der Waals surface area contributed by atoms with Gasteiger partial charge < -0.3 is 5.32 Å². The second-order valence-electron chi connectivity index (χ2n) is 4.60. The summed E-state index contributed by atoms with van der Waals surface area (Å²) in [5.41, 5.74) is 1.57. The molecule has 1 N–H and O–H groups in total. The van der Waals surface area contributed by atoms with Crippen molar-refractivity contribution < 1.29 is 4.79 Å². The smallest absolute Gasteiger partial charge is 0.276 e. The molecule has 0 bridgehead atoms. The van der Waals surface area contributed by atoms with Gasteiger partial charge in [-0.2, -0.15) is 0 Å². The number of hydrogen-bond donors (Lipinski definition) is 1. The Morgan fingerprint density at radius 3 is 2.73 bits per heavy atom. The highest BCUT2D eigenvalue weighted by atomic mass is 35.5. The van der Waals surface area contributed by atoms with Gasteiger partial charge in [-0.05, 0) is 17.7 Å². The number of anilines is 1. The van der Waals surface area contributed by atoms with Crippen LogP contribution >= 0.6 is 22.9 Å². The fourth-order valence-electron chi connectivity index (χ4n) is 1.90. The summed E-state index contributed by atoms with van der Waals surface area (Å²) in [5, 5.41) is 5.88. The molecule has 0 fully saturated rings. The van der Waals surface area contributed by atoms with E-state index in [0.717, 1.165) is 11.4 Å². The largest absolute Gasteiger partial charge is 0.305 e. The van der Waals surface area contributed by atoms with E-state index in [-0.39, 0.29) is 5.91 Å². The lowest BCUT2D eigenvalue weighted by molar-refractivity contribution is 0.102. The van der Waals surface area contributed by atoms with Crippen LogP contribution in [0.5, 0.6) is 0 Å². The molecule has 0 aliphatic carbocycles. The van der Waals surface area contributed by atoms with Crippen LogP contribution in [0.3, 0.4) is 0 Å². The maximum absolute atomic E-state index is 12.1. The van der Waals surface area contributed by atoms with Crippen LogP contribution in [-0.2, 0) is 6.42 Å². The molecule has 4 nitrogen and oxygen atoms in total. The highest BCUT2D eigenvalue weighted by molar-refractivity contribution is 7.09. The van der Waals surface area contributed by atoms with Gasteiger partial charge in [0.2, 0.25) is 0 Å². The Labute approximate surface area is 136 Å². The van der Waals surface area contributed by atoms with Crippen molar-refractivity contribution in [3.63, 3.8) is 0 Å². The number of halogens is 1. The van der Waals surface area contributed by atoms with Crippen LogP contribution in [0.4, 0.5) is 5.82 Å². The summed E-state index contributed by atoms with van der Waals surface area (Å²) in [5.74, 6) is 0.178. The van der Waals surface area contributed by atoms with Crippen molar-refractivity contribution in [2.24, 2.45) is 0 Å². The Balaban J connectivity index is 1.67. The number of aromatic nitrogens is 2. The van der Waals surface area contributed by atoms with E-state index in [1.54, 1.807) is 17.5 Å². The molecule has 0 unspecified atom stereocenters. The molecule has 1 amide bonds. The van der Waals surface area contributed by atoms with Crippen LogP contribution in [0.15, 0.2) is 54.0 Å². The van der Waals surface area contributed by atoms with Crippen molar-refractivity contribution in [2.75, 3.05) is 5.32 Å². The molecule has 3 aromatic rings. The lowest BCUT2D eigenvalue weighted by Gasteiger charge is -2.01. The molecule has 3 rings (SSSR count). The van der Waals surface area contributed by atoms with Crippen LogP contribution in [0.25, 0.3) is 0 Å². The third-order valence-electron chi connectivity index (χ3n) is 2.95. The van der Waals surface area contributed by atoms with Crippen molar-refractivity contribution >= 4 is 34.7 Å². The zero-order valence-electron chi connectivity index (χ0n) is 11.5. The van der Waals surface area contributed by atoms with Gasteiger partial charge in [-0.25, -0.2) is 9.97 Å². The SMILES string of the molecule is O=C(Nc1ccc(Cl)cn1)c1csc(Cc2ccccc2)n1. The molecule has 0 atom stereocenters. The number of rotatable bonds is 4. The van der Waals surface area contributed by atoms with Crippen LogP contribution in [0.1, 0.15) is 21.1 Å². The average molecular weight is 330 g/mol. The van der Waals surface area contributed by atoms with Gasteiger partial charge in [-0.3, -0.25) is 4.79 Å². The molecule has 2 aromatic heterocycles. The van der Waals surface area contributed by atoms with Gasteiger partial charge in [-0.15, -0.1) is 11.3 Å².